The number of carbonyl (C=O) groups is 1. The van der Waals surface area contributed by atoms with Gasteiger partial charge in [0.25, 0.3) is 5.91 Å². The van der Waals surface area contributed by atoms with Gasteiger partial charge < -0.3 is 14.8 Å². The van der Waals surface area contributed by atoms with Crippen molar-refractivity contribution >= 4 is 11.6 Å². The van der Waals surface area contributed by atoms with Crippen molar-refractivity contribution in [3.63, 3.8) is 0 Å². The zero-order valence-electron chi connectivity index (χ0n) is 11.7. The Morgan fingerprint density at radius 1 is 1.23 bits per heavy atom. The molecule has 0 unspecified atom stereocenters. The minimum atomic E-state index is -3.66. The fourth-order valence-electron chi connectivity index (χ4n) is 2.12. The van der Waals surface area contributed by atoms with Crippen molar-refractivity contribution in [3.8, 4) is 11.5 Å². The maximum absolute atomic E-state index is 12.9. The molecule has 2 heterocycles. The number of rotatable bonds is 3. The van der Waals surface area contributed by atoms with E-state index >= 15 is 0 Å². The third kappa shape index (κ3) is 2.98. The van der Waals surface area contributed by atoms with E-state index in [2.05, 4.69) is 14.8 Å². The SMILES string of the molecule is Cc1cccc[n+]1CC(=O)Nc1ccc2c(c1)OC(F)(F)O2. The number of aryl methyl sites for hydroxylation is 1. The molecule has 0 saturated carbocycles. The summed E-state index contributed by atoms with van der Waals surface area (Å²) in [5.74, 6) is -0.437. The third-order valence-electron chi connectivity index (χ3n) is 3.17. The Morgan fingerprint density at radius 2 is 2.00 bits per heavy atom. The normalized spacial score (nSPS) is 14.7. The number of ether oxygens (including phenoxy) is 2. The van der Waals surface area contributed by atoms with Gasteiger partial charge in [-0.15, -0.1) is 8.78 Å². The molecule has 3 rings (SSSR count). The van der Waals surface area contributed by atoms with Gasteiger partial charge in [0.2, 0.25) is 6.54 Å². The van der Waals surface area contributed by atoms with E-state index in [1.807, 2.05) is 25.1 Å². The molecule has 0 aliphatic carbocycles. The van der Waals surface area contributed by atoms with E-state index in [1.165, 1.54) is 18.2 Å². The van der Waals surface area contributed by atoms with E-state index in [4.69, 9.17) is 0 Å². The van der Waals surface area contributed by atoms with E-state index in [0.29, 0.717) is 5.69 Å². The number of halogens is 2. The van der Waals surface area contributed by atoms with Gasteiger partial charge in [0.1, 0.15) is 0 Å². The van der Waals surface area contributed by atoms with Crippen molar-refractivity contribution in [1.29, 1.82) is 0 Å². The molecule has 0 spiro atoms. The first-order chi connectivity index (χ1) is 10.4. The van der Waals surface area contributed by atoms with E-state index < -0.39 is 6.29 Å². The number of alkyl halides is 2. The quantitative estimate of drug-likeness (QED) is 0.885. The van der Waals surface area contributed by atoms with Gasteiger partial charge in [-0.25, -0.2) is 0 Å². The van der Waals surface area contributed by atoms with Crippen molar-refractivity contribution < 1.29 is 27.6 Å². The Labute approximate surface area is 125 Å². The van der Waals surface area contributed by atoms with Crippen LogP contribution in [0.2, 0.25) is 0 Å². The summed E-state index contributed by atoms with van der Waals surface area (Å²) in [6, 6.07) is 9.69. The third-order valence-corrected chi connectivity index (χ3v) is 3.17. The second-order valence-corrected chi connectivity index (χ2v) is 4.85. The van der Waals surface area contributed by atoms with Gasteiger partial charge in [-0.3, -0.25) is 4.79 Å². The van der Waals surface area contributed by atoms with Gasteiger partial charge in [0.15, 0.2) is 23.4 Å². The Morgan fingerprint density at radius 3 is 2.77 bits per heavy atom. The van der Waals surface area contributed by atoms with Gasteiger partial charge >= 0.3 is 6.29 Å². The summed E-state index contributed by atoms with van der Waals surface area (Å²) in [7, 11) is 0. The lowest BCUT2D eigenvalue weighted by atomic mass is 10.2. The minimum absolute atomic E-state index is 0.0590. The Bertz CT molecular complexity index is 734. The smallest absolute Gasteiger partial charge is 0.395 e. The molecule has 0 radical (unpaired) electrons. The molecule has 0 saturated heterocycles. The summed E-state index contributed by atoms with van der Waals surface area (Å²) in [5, 5.41) is 2.63. The minimum Gasteiger partial charge on any atom is -0.395 e. The first-order valence-corrected chi connectivity index (χ1v) is 6.58. The van der Waals surface area contributed by atoms with Crippen LogP contribution in [-0.2, 0) is 11.3 Å². The molecule has 0 fully saturated rings. The molecular formula is C15H13F2N2O3+. The van der Waals surface area contributed by atoms with Gasteiger partial charge in [0.05, 0.1) is 0 Å². The zero-order chi connectivity index (χ0) is 15.7. The highest BCUT2D eigenvalue weighted by molar-refractivity contribution is 5.90. The highest BCUT2D eigenvalue weighted by atomic mass is 19.3. The second kappa shape index (κ2) is 5.25. The van der Waals surface area contributed by atoms with Crippen LogP contribution in [0, 0.1) is 6.92 Å². The van der Waals surface area contributed by atoms with E-state index in [1.54, 1.807) is 10.8 Å². The number of benzene rings is 1. The van der Waals surface area contributed by atoms with Crippen molar-refractivity contribution in [2.75, 3.05) is 5.32 Å². The van der Waals surface area contributed by atoms with Crippen LogP contribution in [-0.4, -0.2) is 12.2 Å². The number of hydrogen-bond acceptors (Lipinski definition) is 3. The fraction of sp³-hybridized carbons (Fsp3) is 0.200. The number of hydrogen-bond donors (Lipinski definition) is 1. The summed E-state index contributed by atoms with van der Waals surface area (Å²) in [5.41, 5.74) is 1.29. The summed E-state index contributed by atoms with van der Waals surface area (Å²) >= 11 is 0. The molecule has 1 N–H and O–H groups in total. The topological polar surface area (TPSA) is 51.4 Å². The Kier molecular flexibility index (Phi) is 3.40. The zero-order valence-corrected chi connectivity index (χ0v) is 11.7. The number of carbonyl (C=O) groups excluding carboxylic acids is 1. The molecule has 1 aliphatic rings. The number of nitrogens with one attached hydrogen (secondary N) is 1. The van der Waals surface area contributed by atoms with Gasteiger partial charge in [-0.2, -0.15) is 4.57 Å². The van der Waals surface area contributed by atoms with Crippen LogP contribution >= 0.6 is 0 Å². The number of pyridine rings is 1. The van der Waals surface area contributed by atoms with Crippen molar-refractivity contribution in [3.05, 3.63) is 48.3 Å². The standard InChI is InChI=1S/C15H12F2N2O3/c1-10-4-2-3-7-19(10)9-14(20)18-11-5-6-12-13(8-11)22-15(16,17)21-12/h2-8H,9H2,1H3/p+1. The monoisotopic (exact) mass is 307 g/mol. The van der Waals surface area contributed by atoms with Crippen molar-refractivity contribution in [1.82, 2.24) is 0 Å². The second-order valence-electron chi connectivity index (χ2n) is 4.85. The van der Waals surface area contributed by atoms with Crippen molar-refractivity contribution in [2.24, 2.45) is 0 Å². The van der Waals surface area contributed by atoms with E-state index in [9.17, 15) is 13.6 Å². The number of aromatic nitrogens is 1. The molecule has 1 aromatic heterocycles. The average Bonchev–Trinajstić information content (AvgIpc) is 2.74. The van der Waals surface area contributed by atoms with Crippen LogP contribution < -0.4 is 19.4 Å². The predicted molar refractivity (Wildman–Crippen MR) is 72.6 cm³/mol. The van der Waals surface area contributed by atoms with Crippen LogP contribution in [0.5, 0.6) is 11.5 Å². The van der Waals surface area contributed by atoms with Gasteiger partial charge in [0, 0.05) is 30.8 Å². The van der Waals surface area contributed by atoms with Crippen LogP contribution in [0.25, 0.3) is 0 Å². The summed E-state index contributed by atoms with van der Waals surface area (Å²) in [6.45, 7) is 2.01. The van der Waals surface area contributed by atoms with Crippen LogP contribution in [0.15, 0.2) is 42.6 Å². The number of fused-ring (bicyclic) bond motifs is 1. The predicted octanol–water partition coefficient (Wildman–Crippen LogP) is 2.24. The van der Waals surface area contributed by atoms with Gasteiger partial charge in [-0.1, -0.05) is 6.07 Å². The molecule has 7 heteroatoms. The van der Waals surface area contributed by atoms with Gasteiger partial charge in [-0.05, 0) is 12.1 Å². The molecule has 5 nitrogen and oxygen atoms in total. The largest absolute Gasteiger partial charge is 0.586 e. The number of nitrogens with zero attached hydrogens (tertiary/aromatic N) is 1. The average molecular weight is 307 g/mol. The number of anilines is 1. The highest BCUT2D eigenvalue weighted by Gasteiger charge is 2.43. The van der Waals surface area contributed by atoms with Crippen LogP contribution in [0.4, 0.5) is 14.5 Å². The lowest BCUT2D eigenvalue weighted by Gasteiger charge is -2.05. The van der Waals surface area contributed by atoms with Crippen LogP contribution in [0.3, 0.4) is 0 Å². The molecule has 1 aromatic carbocycles. The van der Waals surface area contributed by atoms with E-state index in [-0.39, 0.29) is 24.0 Å². The molecule has 114 valence electrons. The summed E-state index contributed by atoms with van der Waals surface area (Å²) < 4.78 is 36.3. The molecule has 2 aromatic rings. The fourth-order valence-corrected chi connectivity index (χ4v) is 2.12. The summed E-state index contributed by atoms with van der Waals surface area (Å²) in [6.07, 6.45) is -1.88. The first-order valence-electron chi connectivity index (χ1n) is 6.58. The maximum Gasteiger partial charge on any atom is 0.586 e. The molecule has 1 amide bonds. The summed E-state index contributed by atoms with van der Waals surface area (Å²) in [4.78, 5) is 12.0. The Hall–Kier alpha value is -2.70. The lowest BCUT2D eigenvalue weighted by molar-refractivity contribution is -0.690. The van der Waals surface area contributed by atoms with Crippen molar-refractivity contribution in [2.45, 2.75) is 19.8 Å². The lowest BCUT2D eigenvalue weighted by Crippen LogP contribution is -2.42. The molecule has 22 heavy (non-hydrogen) atoms. The van der Waals surface area contributed by atoms with E-state index in [0.717, 1.165) is 5.69 Å². The number of amides is 1. The first kappa shape index (κ1) is 14.2. The Balaban J connectivity index is 1.70. The maximum atomic E-state index is 12.9. The molecule has 1 aliphatic heterocycles. The molecule has 0 bridgehead atoms. The molecule has 0 atom stereocenters. The van der Waals surface area contributed by atoms with Crippen LogP contribution in [0.1, 0.15) is 5.69 Å². The highest BCUT2D eigenvalue weighted by Crippen LogP contribution is 2.42. The molecular weight excluding hydrogens is 294 g/mol.